The minimum absolute atomic E-state index is 0.110. The van der Waals surface area contributed by atoms with Crippen LogP contribution in [0.15, 0.2) is 30.9 Å². The second-order valence-corrected chi connectivity index (χ2v) is 11.1. The van der Waals surface area contributed by atoms with E-state index in [0.717, 1.165) is 42.1 Å². The van der Waals surface area contributed by atoms with Gasteiger partial charge in [0.25, 0.3) is 0 Å². The number of hydrogen-bond acceptors (Lipinski definition) is 9. The lowest BCUT2D eigenvalue weighted by Gasteiger charge is -2.31. The molecule has 1 saturated heterocycles. The van der Waals surface area contributed by atoms with E-state index in [2.05, 4.69) is 54.9 Å². The molecular weight excluding hydrogens is 496 g/mol. The Bertz CT molecular complexity index is 1440. The minimum Gasteiger partial charge on any atom is -0.493 e. The second kappa shape index (κ2) is 10.4. The maximum Gasteiger partial charge on any atom is 0.203 e. The highest BCUT2D eigenvalue weighted by Gasteiger charge is 2.33. The molecule has 4 aromatic rings. The number of methoxy groups -OCH3 is 3. The number of imidazole rings is 1. The van der Waals surface area contributed by atoms with E-state index in [4.69, 9.17) is 24.2 Å². The van der Waals surface area contributed by atoms with Crippen LogP contribution in [0.25, 0.3) is 16.7 Å². The fourth-order valence-electron chi connectivity index (χ4n) is 5.04. The summed E-state index contributed by atoms with van der Waals surface area (Å²) in [5.41, 5.74) is 1.76. The number of nitrogens with zero attached hydrogens (tertiary/aromatic N) is 7. The number of likely N-dealkylation sites (tertiary alicyclic amines) is 1. The lowest BCUT2D eigenvalue weighted by molar-refractivity contribution is 0.172. The first-order valence-electron chi connectivity index (χ1n) is 13.2. The van der Waals surface area contributed by atoms with Crippen molar-refractivity contribution in [2.45, 2.75) is 58.5 Å². The number of aromatic nitrogens is 6. The van der Waals surface area contributed by atoms with Crippen LogP contribution < -0.4 is 19.5 Å². The van der Waals surface area contributed by atoms with Crippen molar-refractivity contribution in [3.63, 3.8) is 0 Å². The zero-order chi connectivity index (χ0) is 27.9. The first kappa shape index (κ1) is 26.7. The molecule has 1 aromatic carbocycles. The molecule has 0 spiro atoms. The fourth-order valence-corrected chi connectivity index (χ4v) is 5.04. The third-order valence-electron chi connectivity index (χ3n) is 7.24. The molecule has 0 radical (unpaired) electrons. The molecule has 39 heavy (non-hydrogen) atoms. The van der Waals surface area contributed by atoms with Crippen molar-refractivity contribution in [2.75, 3.05) is 39.7 Å². The van der Waals surface area contributed by atoms with Crippen LogP contribution >= 0.6 is 0 Å². The van der Waals surface area contributed by atoms with Gasteiger partial charge in [-0.25, -0.2) is 19.6 Å². The molecule has 1 unspecified atom stereocenters. The maximum absolute atomic E-state index is 5.52. The number of fused-ring (bicyclic) bond motifs is 1. The van der Waals surface area contributed by atoms with Gasteiger partial charge in [-0.05, 0) is 47.6 Å². The highest BCUT2D eigenvalue weighted by molar-refractivity contribution is 5.88. The van der Waals surface area contributed by atoms with E-state index in [9.17, 15) is 0 Å². The molecule has 1 N–H and O–H groups in total. The Morgan fingerprint density at radius 3 is 2.33 bits per heavy atom. The Morgan fingerprint density at radius 2 is 1.74 bits per heavy atom. The van der Waals surface area contributed by atoms with Gasteiger partial charge in [-0.1, -0.05) is 0 Å². The van der Waals surface area contributed by atoms with Gasteiger partial charge >= 0.3 is 0 Å². The smallest absolute Gasteiger partial charge is 0.203 e. The van der Waals surface area contributed by atoms with Gasteiger partial charge in [-0.15, -0.1) is 0 Å². The summed E-state index contributed by atoms with van der Waals surface area (Å²) in [5, 5.41) is 8.92. The predicted octanol–water partition coefficient (Wildman–Crippen LogP) is 4.95. The molecule has 1 aliphatic rings. The summed E-state index contributed by atoms with van der Waals surface area (Å²) < 4.78 is 20.3. The van der Waals surface area contributed by atoms with Gasteiger partial charge in [-0.3, -0.25) is 4.90 Å². The van der Waals surface area contributed by atoms with Gasteiger partial charge in [0.2, 0.25) is 5.75 Å². The number of benzene rings is 1. The predicted molar refractivity (Wildman–Crippen MR) is 151 cm³/mol. The number of nitrogens with one attached hydrogen (secondary N) is 1. The molecule has 4 heterocycles. The van der Waals surface area contributed by atoms with Crippen molar-refractivity contribution >= 4 is 22.7 Å². The lowest BCUT2D eigenvalue weighted by Crippen LogP contribution is -2.39. The zero-order valence-corrected chi connectivity index (χ0v) is 24.0. The van der Waals surface area contributed by atoms with Gasteiger partial charge in [0, 0.05) is 36.2 Å². The monoisotopic (exact) mass is 534 g/mol. The molecule has 0 saturated carbocycles. The van der Waals surface area contributed by atoms with E-state index in [1.807, 2.05) is 33.8 Å². The molecule has 0 amide bonds. The molecule has 1 atom stereocenters. The van der Waals surface area contributed by atoms with Crippen molar-refractivity contribution in [2.24, 2.45) is 0 Å². The quantitative estimate of drug-likeness (QED) is 0.336. The Labute approximate surface area is 229 Å². The van der Waals surface area contributed by atoms with Crippen LogP contribution in [0.4, 0.5) is 11.6 Å². The third-order valence-corrected chi connectivity index (χ3v) is 7.24. The van der Waals surface area contributed by atoms with Crippen molar-refractivity contribution in [3.05, 3.63) is 36.7 Å². The van der Waals surface area contributed by atoms with Gasteiger partial charge < -0.3 is 24.1 Å². The number of ether oxygens (including phenoxy) is 3. The van der Waals surface area contributed by atoms with E-state index < -0.39 is 0 Å². The van der Waals surface area contributed by atoms with Gasteiger partial charge in [0.15, 0.2) is 17.1 Å². The Hall–Kier alpha value is -3.86. The SMILES string of the molecule is COc1cc(-n2cnc(Nc3nc(C4CCN(C(C)(C)C)C4)nc4c3cnn4C(C)C)c2)cc(OC)c1OC. The topological polar surface area (TPSA) is 104 Å². The van der Waals surface area contributed by atoms with Crippen molar-refractivity contribution in [3.8, 4) is 22.9 Å². The van der Waals surface area contributed by atoms with Crippen LogP contribution in [0.1, 0.15) is 58.8 Å². The average molecular weight is 535 g/mol. The molecule has 11 heteroatoms. The first-order valence-corrected chi connectivity index (χ1v) is 13.2. The summed E-state index contributed by atoms with van der Waals surface area (Å²) in [6.07, 6.45) is 6.48. The van der Waals surface area contributed by atoms with E-state index in [-0.39, 0.29) is 17.5 Å². The van der Waals surface area contributed by atoms with Crippen LogP contribution in [0, 0.1) is 0 Å². The van der Waals surface area contributed by atoms with Crippen molar-refractivity contribution in [1.82, 2.24) is 34.2 Å². The summed E-state index contributed by atoms with van der Waals surface area (Å²) >= 11 is 0. The Morgan fingerprint density at radius 1 is 1.03 bits per heavy atom. The fraction of sp³-hybridized carbons (Fsp3) is 0.500. The summed E-state index contributed by atoms with van der Waals surface area (Å²) in [6, 6.07) is 3.93. The normalized spacial score (nSPS) is 16.3. The minimum atomic E-state index is 0.110. The molecule has 1 aliphatic heterocycles. The van der Waals surface area contributed by atoms with E-state index >= 15 is 0 Å². The highest BCUT2D eigenvalue weighted by atomic mass is 16.5. The molecule has 0 bridgehead atoms. The summed E-state index contributed by atoms with van der Waals surface area (Å²) in [5.74, 6) is 4.11. The van der Waals surface area contributed by atoms with Crippen LogP contribution in [0.5, 0.6) is 17.2 Å². The summed E-state index contributed by atoms with van der Waals surface area (Å²) in [7, 11) is 4.79. The summed E-state index contributed by atoms with van der Waals surface area (Å²) in [4.78, 5) is 17.1. The highest BCUT2D eigenvalue weighted by Crippen LogP contribution is 2.39. The van der Waals surface area contributed by atoms with Gasteiger partial charge in [0.1, 0.15) is 23.8 Å². The van der Waals surface area contributed by atoms with Crippen LogP contribution in [-0.2, 0) is 0 Å². The molecule has 0 aliphatic carbocycles. The summed E-state index contributed by atoms with van der Waals surface area (Å²) in [6.45, 7) is 12.9. The number of hydrogen-bond donors (Lipinski definition) is 1. The standard InChI is InChI=1S/C28H38N8O3/c1-17(2)36-27-20(13-30-36)26(32-25(33-27)18-9-10-35(14-18)28(3,4)5)31-23-15-34(16-29-23)19-11-21(37-6)24(39-8)22(12-19)38-7/h11-13,15-18H,9-10,14H2,1-8H3,(H,31,32,33). The van der Waals surface area contributed by atoms with Crippen molar-refractivity contribution in [1.29, 1.82) is 0 Å². The van der Waals surface area contributed by atoms with Gasteiger partial charge in [-0.2, -0.15) is 5.10 Å². The van der Waals surface area contributed by atoms with Crippen LogP contribution in [0.2, 0.25) is 0 Å². The van der Waals surface area contributed by atoms with E-state index in [1.165, 1.54) is 0 Å². The number of rotatable bonds is 8. The zero-order valence-electron chi connectivity index (χ0n) is 24.0. The maximum atomic E-state index is 5.52. The lowest BCUT2D eigenvalue weighted by atomic mass is 10.1. The first-order chi connectivity index (χ1) is 18.6. The second-order valence-electron chi connectivity index (χ2n) is 11.1. The third kappa shape index (κ3) is 5.10. The van der Waals surface area contributed by atoms with Crippen molar-refractivity contribution < 1.29 is 14.2 Å². The molecule has 3 aromatic heterocycles. The van der Waals surface area contributed by atoms with Crippen LogP contribution in [-0.4, -0.2) is 74.2 Å². The Kier molecular flexibility index (Phi) is 7.11. The molecular formula is C28H38N8O3. The van der Waals surface area contributed by atoms with Crippen LogP contribution in [0.3, 0.4) is 0 Å². The van der Waals surface area contributed by atoms with E-state index in [1.54, 1.807) is 27.7 Å². The van der Waals surface area contributed by atoms with Gasteiger partial charge in [0.05, 0.1) is 44.8 Å². The van der Waals surface area contributed by atoms with E-state index in [0.29, 0.717) is 28.9 Å². The number of anilines is 2. The largest absolute Gasteiger partial charge is 0.493 e. The average Bonchev–Trinajstić information content (AvgIpc) is 3.67. The molecule has 1 fully saturated rings. The molecule has 11 nitrogen and oxygen atoms in total. The molecule has 208 valence electrons. The molecule has 5 rings (SSSR count). The Balaban J connectivity index is 1.50.